The van der Waals surface area contributed by atoms with Gasteiger partial charge in [0.15, 0.2) is 0 Å². The van der Waals surface area contributed by atoms with Gasteiger partial charge in [0.1, 0.15) is 0 Å². The van der Waals surface area contributed by atoms with E-state index in [4.69, 9.17) is 0 Å². The van der Waals surface area contributed by atoms with E-state index in [1.54, 1.807) is 0 Å². The Morgan fingerprint density at radius 3 is 2.60 bits per heavy atom. The molecule has 25 heavy (non-hydrogen) atoms. The van der Waals surface area contributed by atoms with Gasteiger partial charge in [-0.1, -0.05) is 49.4 Å². The molecule has 2 aromatic carbocycles. The van der Waals surface area contributed by atoms with Crippen LogP contribution in [-0.4, -0.2) is 17.3 Å². The maximum atomic E-state index is 4.38. The molecule has 128 valence electrons. The van der Waals surface area contributed by atoms with Gasteiger partial charge in [-0.2, -0.15) is 0 Å². The maximum Gasteiger partial charge on any atom is 0.0346 e. The molecule has 0 spiro atoms. The fourth-order valence-corrected chi connectivity index (χ4v) is 3.59. The number of rotatable bonds is 8. The van der Waals surface area contributed by atoms with E-state index < -0.39 is 0 Å². The molecule has 1 N–H and O–H groups in total. The van der Waals surface area contributed by atoms with E-state index in [1.165, 1.54) is 27.1 Å². The molecule has 1 heterocycles. The Morgan fingerprint density at radius 1 is 0.880 bits per heavy atom. The van der Waals surface area contributed by atoms with Crippen molar-refractivity contribution in [1.82, 2.24) is 10.3 Å². The molecule has 0 radical (unpaired) electrons. The highest BCUT2D eigenvalue weighted by Crippen LogP contribution is 2.20. The topological polar surface area (TPSA) is 24.9 Å². The van der Waals surface area contributed by atoms with E-state index >= 15 is 0 Å². The molecule has 0 bridgehead atoms. The second kappa shape index (κ2) is 9.40. The van der Waals surface area contributed by atoms with Crippen LogP contribution in [0.25, 0.3) is 11.1 Å². The molecule has 0 aliphatic carbocycles. The summed E-state index contributed by atoms with van der Waals surface area (Å²) in [5.41, 5.74) is 5.01. The van der Waals surface area contributed by atoms with Crippen molar-refractivity contribution >= 4 is 11.8 Å². The Kier molecular flexibility index (Phi) is 6.66. The maximum absolute atomic E-state index is 4.38. The van der Waals surface area contributed by atoms with E-state index in [9.17, 15) is 0 Å². The van der Waals surface area contributed by atoms with Gasteiger partial charge < -0.3 is 5.32 Å². The number of thioether (sulfide) groups is 1. The fraction of sp³-hybridized carbons (Fsp3) is 0.227. The standard InChI is InChI=1S/C22H24N2S/c1-2-18-7-6-10-22(14-18)25-12-11-23-15-19-13-21(17-24-16-19)20-8-4-3-5-9-20/h3-10,13-14,16-17,23H,2,11-12,15H2,1H3. The molecule has 3 aromatic rings. The average Bonchev–Trinajstić information content (AvgIpc) is 2.69. The molecule has 1 aromatic heterocycles. The highest BCUT2D eigenvalue weighted by Gasteiger charge is 2.00. The van der Waals surface area contributed by atoms with E-state index in [1.807, 2.05) is 30.2 Å². The number of nitrogens with zero attached hydrogens (tertiary/aromatic N) is 1. The summed E-state index contributed by atoms with van der Waals surface area (Å²) in [7, 11) is 0. The first-order valence-corrected chi connectivity index (χ1v) is 9.75. The summed E-state index contributed by atoms with van der Waals surface area (Å²) in [6, 6.07) is 21.4. The summed E-state index contributed by atoms with van der Waals surface area (Å²) in [4.78, 5) is 5.74. The predicted octanol–water partition coefficient (Wildman–Crippen LogP) is 5.19. The van der Waals surface area contributed by atoms with Crippen LogP contribution in [0.1, 0.15) is 18.1 Å². The lowest BCUT2D eigenvalue weighted by Gasteiger charge is -2.07. The molecule has 3 rings (SSSR count). The van der Waals surface area contributed by atoms with Crippen LogP contribution in [0.2, 0.25) is 0 Å². The van der Waals surface area contributed by atoms with Crippen LogP contribution in [0.3, 0.4) is 0 Å². The SMILES string of the molecule is CCc1cccc(SCCNCc2cncc(-c3ccccc3)c2)c1. The quantitative estimate of drug-likeness (QED) is 0.448. The van der Waals surface area contributed by atoms with Gasteiger partial charge in [-0.25, -0.2) is 0 Å². The monoisotopic (exact) mass is 348 g/mol. The molecule has 0 atom stereocenters. The fourth-order valence-electron chi connectivity index (χ4n) is 2.70. The number of pyridine rings is 1. The molecule has 0 saturated heterocycles. The van der Waals surface area contributed by atoms with Crippen molar-refractivity contribution in [3.8, 4) is 11.1 Å². The lowest BCUT2D eigenvalue weighted by molar-refractivity contribution is 0.730. The molecular weight excluding hydrogens is 324 g/mol. The molecule has 0 amide bonds. The molecule has 0 aliphatic rings. The summed E-state index contributed by atoms with van der Waals surface area (Å²) < 4.78 is 0. The van der Waals surface area contributed by atoms with Crippen LogP contribution in [0.5, 0.6) is 0 Å². The van der Waals surface area contributed by atoms with Crippen molar-refractivity contribution in [2.45, 2.75) is 24.8 Å². The van der Waals surface area contributed by atoms with Crippen molar-refractivity contribution in [2.24, 2.45) is 0 Å². The van der Waals surface area contributed by atoms with Crippen LogP contribution in [-0.2, 0) is 13.0 Å². The Balaban J connectivity index is 1.46. The Hall–Kier alpha value is -2.10. The van der Waals surface area contributed by atoms with Gasteiger partial charge in [0.2, 0.25) is 0 Å². The number of hydrogen-bond acceptors (Lipinski definition) is 3. The second-order valence-corrected chi connectivity index (χ2v) is 7.14. The molecule has 3 heteroatoms. The van der Waals surface area contributed by atoms with Gasteiger partial charge in [-0.3, -0.25) is 4.98 Å². The second-order valence-electron chi connectivity index (χ2n) is 5.97. The van der Waals surface area contributed by atoms with E-state index in [0.29, 0.717) is 0 Å². The van der Waals surface area contributed by atoms with Crippen molar-refractivity contribution in [3.63, 3.8) is 0 Å². The largest absolute Gasteiger partial charge is 0.312 e. The molecule has 0 unspecified atom stereocenters. The van der Waals surface area contributed by atoms with Gasteiger partial charge in [-0.05, 0) is 41.3 Å². The number of hydrogen-bond donors (Lipinski definition) is 1. The van der Waals surface area contributed by atoms with Gasteiger partial charge in [0.05, 0.1) is 0 Å². The molecule has 0 fully saturated rings. The number of nitrogens with one attached hydrogen (secondary N) is 1. The van der Waals surface area contributed by atoms with Crippen molar-refractivity contribution < 1.29 is 0 Å². The van der Waals surface area contributed by atoms with Crippen molar-refractivity contribution in [1.29, 1.82) is 0 Å². The lowest BCUT2D eigenvalue weighted by Crippen LogP contribution is -2.16. The van der Waals surface area contributed by atoms with Crippen LogP contribution < -0.4 is 5.32 Å². The summed E-state index contributed by atoms with van der Waals surface area (Å²) in [6.45, 7) is 4.03. The van der Waals surface area contributed by atoms with E-state index in [-0.39, 0.29) is 0 Å². The first-order chi connectivity index (χ1) is 12.3. The van der Waals surface area contributed by atoms with Crippen LogP contribution in [0, 0.1) is 0 Å². The Bertz CT molecular complexity index is 787. The molecular formula is C22H24N2S. The van der Waals surface area contributed by atoms with Crippen LogP contribution >= 0.6 is 11.8 Å². The van der Waals surface area contributed by atoms with Crippen LogP contribution in [0.4, 0.5) is 0 Å². The zero-order chi connectivity index (χ0) is 17.3. The van der Waals surface area contributed by atoms with E-state index in [2.05, 4.69) is 71.8 Å². The predicted molar refractivity (Wildman–Crippen MR) is 108 cm³/mol. The number of aromatic nitrogens is 1. The zero-order valence-corrected chi connectivity index (χ0v) is 15.4. The van der Waals surface area contributed by atoms with Crippen LogP contribution in [0.15, 0.2) is 78.0 Å². The molecule has 0 aliphatic heterocycles. The minimum atomic E-state index is 0.850. The van der Waals surface area contributed by atoms with Crippen molar-refractivity contribution in [2.75, 3.05) is 12.3 Å². The minimum absolute atomic E-state index is 0.850. The first kappa shape index (κ1) is 17.7. The van der Waals surface area contributed by atoms with Gasteiger partial charge in [0, 0.05) is 41.7 Å². The van der Waals surface area contributed by atoms with Crippen molar-refractivity contribution in [3.05, 3.63) is 84.2 Å². The summed E-state index contributed by atoms with van der Waals surface area (Å²) in [5.74, 6) is 1.07. The highest BCUT2D eigenvalue weighted by molar-refractivity contribution is 7.99. The van der Waals surface area contributed by atoms with E-state index in [0.717, 1.165) is 25.3 Å². The van der Waals surface area contributed by atoms with Gasteiger partial charge >= 0.3 is 0 Å². The highest BCUT2D eigenvalue weighted by atomic mass is 32.2. The molecule has 0 saturated carbocycles. The molecule has 2 nitrogen and oxygen atoms in total. The lowest BCUT2D eigenvalue weighted by atomic mass is 10.1. The zero-order valence-electron chi connectivity index (χ0n) is 14.6. The van der Waals surface area contributed by atoms with Gasteiger partial charge in [0.25, 0.3) is 0 Å². The van der Waals surface area contributed by atoms with Gasteiger partial charge in [-0.15, -0.1) is 11.8 Å². The third-order valence-electron chi connectivity index (χ3n) is 4.09. The minimum Gasteiger partial charge on any atom is -0.312 e. The number of benzene rings is 2. The summed E-state index contributed by atoms with van der Waals surface area (Å²) in [5, 5.41) is 3.52. The summed E-state index contributed by atoms with van der Waals surface area (Å²) >= 11 is 1.91. The Morgan fingerprint density at radius 2 is 1.76 bits per heavy atom. The third-order valence-corrected chi connectivity index (χ3v) is 5.08. The number of aryl methyl sites for hydroxylation is 1. The average molecular weight is 349 g/mol. The smallest absolute Gasteiger partial charge is 0.0346 e. The Labute approximate surface area is 154 Å². The third kappa shape index (κ3) is 5.45. The normalized spacial score (nSPS) is 10.8. The first-order valence-electron chi connectivity index (χ1n) is 8.77. The summed E-state index contributed by atoms with van der Waals surface area (Å²) in [6.07, 6.45) is 4.96.